The zero-order valence-corrected chi connectivity index (χ0v) is 20.6. The minimum atomic E-state index is 0.0383. The maximum Gasteiger partial charge on any atom is 0.225 e. The number of hydrogen-bond acceptors (Lipinski definition) is 4. The molecule has 1 fully saturated rings. The Morgan fingerprint density at radius 1 is 0.914 bits per heavy atom. The summed E-state index contributed by atoms with van der Waals surface area (Å²) in [6.07, 6.45) is 2.19. The number of amides is 1. The monoisotopic (exact) mass is 468 g/mol. The van der Waals surface area contributed by atoms with Crippen LogP contribution in [0.1, 0.15) is 19.5 Å². The largest absolute Gasteiger partial charge is 0.497 e. The summed E-state index contributed by atoms with van der Waals surface area (Å²) in [4.78, 5) is 21.9. The molecule has 3 heterocycles. The van der Waals surface area contributed by atoms with Crippen molar-refractivity contribution in [2.24, 2.45) is 5.92 Å². The molecule has 0 radical (unpaired) electrons. The van der Waals surface area contributed by atoms with Crippen LogP contribution in [-0.2, 0) is 11.3 Å². The average Bonchev–Trinajstić information content (AvgIpc) is 3.26. The molecule has 2 aromatic carbocycles. The topological polar surface area (TPSA) is 50.1 Å². The van der Waals surface area contributed by atoms with Crippen LogP contribution in [0, 0.1) is 5.92 Å². The van der Waals surface area contributed by atoms with Gasteiger partial charge in [-0.1, -0.05) is 56.3 Å². The number of carbonyl (C=O) groups excluding carboxylic acids is 1. The van der Waals surface area contributed by atoms with Crippen LogP contribution in [0.2, 0.25) is 0 Å². The number of fused-ring (bicyclic) bond motifs is 1. The normalized spacial score (nSPS) is 14.6. The Morgan fingerprint density at radius 3 is 2.37 bits per heavy atom. The quantitative estimate of drug-likeness (QED) is 0.401. The van der Waals surface area contributed by atoms with Crippen LogP contribution in [-0.4, -0.2) is 58.4 Å². The van der Waals surface area contributed by atoms with Crippen LogP contribution in [0.5, 0.6) is 5.75 Å². The van der Waals surface area contributed by atoms with Gasteiger partial charge in [-0.25, -0.2) is 4.98 Å². The molecule has 180 valence electrons. The third kappa shape index (κ3) is 4.80. The van der Waals surface area contributed by atoms with Gasteiger partial charge in [0.05, 0.1) is 18.5 Å². The summed E-state index contributed by atoms with van der Waals surface area (Å²) in [7, 11) is 1.69. The van der Waals surface area contributed by atoms with Crippen molar-refractivity contribution in [1.82, 2.24) is 19.2 Å². The van der Waals surface area contributed by atoms with E-state index in [1.807, 2.05) is 43.0 Å². The van der Waals surface area contributed by atoms with Gasteiger partial charge in [-0.05, 0) is 35.4 Å². The van der Waals surface area contributed by atoms with Gasteiger partial charge in [-0.2, -0.15) is 0 Å². The molecule has 0 N–H and O–H groups in total. The molecule has 0 unspecified atom stereocenters. The van der Waals surface area contributed by atoms with Gasteiger partial charge in [0.1, 0.15) is 11.4 Å². The van der Waals surface area contributed by atoms with Crippen molar-refractivity contribution in [2.75, 3.05) is 33.3 Å². The zero-order chi connectivity index (χ0) is 24.4. The number of carbonyl (C=O) groups is 1. The lowest BCUT2D eigenvalue weighted by molar-refractivity contribution is -0.136. The lowest BCUT2D eigenvalue weighted by Gasteiger charge is -2.35. The molecule has 0 spiro atoms. The molecule has 0 saturated carbocycles. The van der Waals surface area contributed by atoms with Crippen molar-refractivity contribution in [3.05, 3.63) is 78.6 Å². The smallest absolute Gasteiger partial charge is 0.225 e. The van der Waals surface area contributed by atoms with Gasteiger partial charge in [0.2, 0.25) is 5.91 Å². The Kier molecular flexibility index (Phi) is 6.55. The molecule has 4 aromatic rings. The summed E-state index contributed by atoms with van der Waals surface area (Å²) in [6, 6.07) is 22.7. The van der Waals surface area contributed by atoms with E-state index >= 15 is 0 Å². The average molecular weight is 469 g/mol. The summed E-state index contributed by atoms with van der Waals surface area (Å²) >= 11 is 0. The molecular weight excluding hydrogens is 436 g/mol. The van der Waals surface area contributed by atoms with Crippen molar-refractivity contribution >= 4 is 11.6 Å². The second kappa shape index (κ2) is 9.92. The van der Waals surface area contributed by atoms with Crippen LogP contribution >= 0.6 is 0 Å². The van der Waals surface area contributed by atoms with E-state index in [1.54, 1.807) is 7.11 Å². The molecular formula is C29H32N4O2. The van der Waals surface area contributed by atoms with E-state index in [1.165, 1.54) is 5.56 Å². The van der Waals surface area contributed by atoms with E-state index in [-0.39, 0.29) is 11.8 Å². The third-order valence-corrected chi connectivity index (χ3v) is 6.72. The van der Waals surface area contributed by atoms with Crippen molar-refractivity contribution in [3.8, 4) is 28.1 Å². The Labute approximate surface area is 206 Å². The first-order valence-corrected chi connectivity index (χ1v) is 12.3. The fourth-order valence-electron chi connectivity index (χ4n) is 4.75. The predicted octanol–water partition coefficient (Wildman–Crippen LogP) is 4.98. The molecule has 6 nitrogen and oxygen atoms in total. The molecule has 1 saturated heterocycles. The van der Waals surface area contributed by atoms with Gasteiger partial charge in [0.25, 0.3) is 0 Å². The minimum absolute atomic E-state index is 0.0383. The Balaban J connectivity index is 1.52. The van der Waals surface area contributed by atoms with Crippen molar-refractivity contribution in [2.45, 2.75) is 20.4 Å². The second-order valence-electron chi connectivity index (χ2n) is 9.41. The highest BCUT2D eigenvalue weighted by Crippen LogP contribution is 2.30. The van der Waals surface area contributed by atoms with Gasteiger partial charge in [0.15, 0.2) is 0 Å². The molecule has 0 bridgehead atoms. The number of hydrogen-bond donors (Lipinski definition) is 0. The second-order valence-corrected chi connectivity index (χ2v) is 9.41. The molecule has 1 aliphatic rings. The van der Waals surface area contributed by atoms with E-state index < -0.39 is 0 Å². The highest BCUT2D eigenvalue weighted by atomic mass is 16.5. The number of aromatic nitrogens is 2. The van der Waals surface area contributed by atoms with Crippen molar-refractivity contribution in [3.63, 3.8) is 0 Å². The first-order valence-electron chi connectivity index (χ1n) is 12.3. The first kappa shape index (κ1) is 23.1. The van der Waals surface area contributed by atoms with E-state index in [2.05, 4.69) is 58.0 Å². The molecule has 1 amide bonds. The number of pyridine rings is 1. The Hall–Kier alpha value is -3.64. The number of benzene rings is 2. The van der Waals surface area contributed by atoms with Crippen LogP contribution in [0.25, 0.3) is 28.0 Å². The minimum Gasteiger partial charge on any atom is -0.497 e. The number of ether oxygens (including phenoxy) is 1. The van der Waals surface area contributed by atoms with Gasteiger partial charge in [0, 0.05) is 50.4 Å². The molecule has 0 atom stereocenters. The van der Waals surface area contributed by atoms with E-state index in [0.717, 1.165) is 66.6 Å². The van der Waals surface area contributed by atoms with Gasteiger partial charge in [-0.3, -0.25) is 9.69 Å². The summed E-state index contributed by atoms with van der Waals surface area (Å²) in [5.41, 5.74) is 6.41. The van der Waals surface area contributed by atoms with Gasteiger partial charge >= 0.3 is 0 Å². The summed E-state index contributed by atoms with van der Waals surface area (Å²) in [6.45, 7) is 7.92. The maximum atomic E-state index is 12.4. The fourth-order valence-corrected chi connectivity index (χ4v) is 4.75. The van der Waals surface area contributed by atoms with Crippen LogP contribution in [0.4, 0.5) is 0 Å². The number of piperazine rings is 1. The van der Waals surface area contributed by atoms with Crippen LogP contribution in [0.3, 0.4) is 0 Å². The highest BCUT2D eigenvalue weighted by Gasteiger charge is 2.25. The SMILES string of the molecule is COc1cccc(-c2nc3ccc(-c4ccccc4)cn3c2CN2CCN(C(=O)C(C)C)CC2)c1. The zero-order valence-electron chi connectivity index (χ0n) is 20.6. The molecule has 6 heteroatoms. The number of imidazole rings is 1. The van der Waals surface area contributed by atoms with E-state index in [9.17, 15) is 4.79 Å². The lowest BCUT2D eigenvalue weighted by atomic mass is 10.1. The number of rotatable bonds is 6. The Bertz CT molecular complexity index is 1320. The molecule has 35 heavy (non-hydrogen) atoms. The van der Waals surface area contributed by atoms with Crippen LogP contribution < -0.4 is 4.74 Å². The Morgan fingerprint density at radius 2 is 1.66 bits per heavy atom. The van der Waals surface area contributed by atoms with Crippen molar-refractivity contribution < 1.29 is 9.53 Å². The predicted molar refractivity (Wildman–Crippen MR) is 139 cm³/mol. The van der Waals surface area contributed by atoms with E-state index in [0.29, 0.717) is 0 Å². The lowest BCUT2D eigenvalue weighted by Crippen LogP contribution is -2.49. The summed E-state index contributed by atoms with van der Waals surface area (Å²) in [5.74, 6) is 1.09. The molecule has 1 aliphatic heterocycles. The van der Waals surface area contributed by atoms with Crippen LogP contribution in [0.15, 0.2) is 72.9 Å². The summed E-state index contributed by atoms with van der Waals surface area (Å²) < 4.78 is 7.71. The third-order valence-electron chi connectivity index (χ3n) is 6.72. The van der Waals surface area contributed by atoms with E-state index in [4.69, 9.17) is 9.72 Å². The number of methoxy groups -OCH3 is 1. The van der Waals surface area contributed by atoms with Crippen molar-refractivity contribution in [1.29, 1.82) is 0 Å². The van der Waals surface area contributed by atoms with Gasteiger partial charge < -0.3 is 14.0 Å². The molecule has 2 aromatic heterocycles. The van der Waals surface area contributed by atoms with Gasteiger partial charge in [-0.15, -0.1) is 0 Å². The summed E-state index contributed by atoms with van der Waals surface area (Å²) in [5, 5.41) is 0. The molecule has 0 aliphatic carbocycles. The fraction of sp³-hybridized carbons (Fsp3) is 0.310. The maximum absolute atomic E-state index is 12.4. The first-order chi connectivity index (χ1) is 17.0. The highest BCUT2D eigenvalue weighted by molar-refractivity contribution is 5.78. The molecule has 5 rings (SSSR count). The number of nitrogens with zero attached hydrogens (tertiary/aromatic N) is 4. The standard InChI is InChI=1S/C29H32N4O2/c1-21(2)29(34)32-16-14-31(15-17-32)20-26-28(23-10-7-11-25(18-23)35-3)30-27-13-12-24(19-33(26)27)22-8-5-4-6-9-22/h4-13,18-19,21H,14-17,20H2,1-3H3.